The minimum absolute atomic E-state index is 0.0186. The number of hydrogen-bond donors (Lipinski definition) is 1. The van der Waals surface area contributed by atoms with E-state index in [4.69, 9.17) is 0 Å². The quantitative estimate of drug-likeness (QED) is 0.488. The van der Waals surface area contributed by atoms with Crippen LogP contribution < -0.4 is 0 Å². The summed E-state index contributed by atoms with van der Waals surface area (Å²) in [5.41, 5.74) is 2.83. The Bertz CT molecular complexity index is 591. The first-order chi connectivity index (χ1) is 13.3. The largest absolute Gasteiger partial charge is 0.393 e. The third-order valence-corrected chi connectivity index (χ3v) is 10.2. The van der Waals surface area contributed by atoms with Gasteiger partial charge in [0.1, 0.15) is 0 Å². The van der Waals surface area contributed by atoms with E-state index >= 15 is 0 Å². The van der Waals surface area contributed by atoms with Crippen molar-refractivity contribution in [3.63, 3.8) is 0 Å². The number of aliphatic hydroxyl groups excluding tert-OH is 1. The molecule has 28 heavy (non-hydrogen) atoms. The van der Waals surface area contributed by atoms with Crippen LogP contribution in [-0.4, -0.2) is 11.2 Å². The van der Waals surface area contributed by atoms with E-state index in [0.29, 0.717) is 10.8 Å². The molecule has 3 saturated carbocycles. The van der Waals surface area contributed by atoms with Gasteiger partial charge in [-0.1, -0.05) is 59.1 Å². The van der Waals surface area contributed by atoms with Crippen LogP contribution in [0.25, 0.3) is 0 Å². The number of rotatable bonds is 5. The molecule has 0 radical (unpaired) electrons. The van der Waals surface area contributed by atoms with E-state index in [0.717, 1.165) is 48.3 Å². The molecule has 1 heteroatoms. The Labute approximate surface area is 174 Å². The zero-order valence-corrected chi connectivity index (χ0v) is 19.3. The van der Waals surface area contributed by atoms with Gasteiger partial charge in [-0.25, -0.2) is 0 Å². The summed E-state index contributed by atoms with van der Waals surface area (Å²) < 4.78 is 0. The van der Waals surface area contributed by atoms with Crippen LogP contribution in [0.5, 0.6) is 0 Å². The lowest BCUT2D eigenvalue weighted by molar-refractivity contribution is -0.118. The van der Waals surface area contributed by atoms with Gasteiger partial charge in [0.05, 0.1) is 6.10 Å². The SMILES string of the molecule is CC(C)CCCC(C)C1=CCC2C3CCC4CC(O)CCC4(C)C3CCC12C. The Kier molecular flexibility index (Phi) is 5.80. The zero-order chi connectivity index (χ0) is 20.1. The van der Waals surface area contributed by atoms with Gasteiger partial charge in [0.25, 0.3) is 0 Å². The standard InChI is InChI=1S/C27H46O/c1-18(2)7-6-8-19(3)23-11-12-24-22-10-9-20-17-21(28)13-15-26(20,4)25(22)14-16-27(23,24)5/h11,18-22,24-25,28H,6-10,12-17H2,1-5H3. The van der Waals surface area contributed by atoms with Gasteiger partial charge in [-0.3, -0.25) is 0 Å². The molecule has 3 fully saturated rings. The minimum atomic E-state index is -0.0186. The topological polar surface area (TPSA) is 20.2 Å². The minimum Gasteiger partial charge on any atom is -0.393 e. The molecule has 0 amide bonds. The molecule has 8 unspecified atom stereocenters. The lowest BCUT2D eigenvalue weighted by Crippen LogP contribution is -2.53. The van der Waals surface area contributed by atoms with Gasteiger partial charge < -0.3 is 5.11 Å². The fourth-order valence-electron chi connectivity index (χ4n) is 8.59. The van der Waals surface area contributed by atoms with Gasteiger partial charge >= 0.3 is 0 Å². The van der Waals surface area contributed by atoms with E-state index < -0.39 is 0 Å². The van der Waals surface area contributed by atoms with Crippen LogP contribution in [0.4, 0.5) is 0 Å². The monoisotopic (exact) mass is 386 g/mol. The molecule has 0 aromatic rings. The number of allylic oxidation sites excluding steroid dienone is 2. The van der Waals surface area contributed by atoms with Crippen molar-refractivity contribution in [1.82, 2.24) is 0 Å². The molecule has 0 aromatic heterocycles. The van der Waals surface area contributed by atoms with Crippen molar-refractivity contribution in [2.75, 3.05) is 0 Å². The van der Waals surface area contributed by atoms with Crippen molar-refractivity contribution in [3.05, 3.63) is 11.6 Å². The lowest BCUT2D eigenvalue weighted by Gasteiger charge is -2.61. The van der Waals surface area contributed by atoms with E-state index in [9.17, 15) is 5.11 Å². The first-order valence-corrected chi connectivity index (χ1v) is 12.6. The molecule has 0 saturated heterocycles. The van der Waals surface area contributed by atoms with Gasteiger partial charge in [-0.05, 0) is 104 Å². The van der Waals surface area contributed by atoms with Crippen LogP contribution in [0.2, 0.25) is 0 Å². The van der Waals surface area contributed by atoms with Gasteiger partial charge in [-0.2, -0.15) is 0 Å². The number of hydrogen-bond acceptors (Lipinski definition) is 1. The van der Waals surface area contributed by atoms with Crippen molar-refractivity contribution in [2.45, 2.75) is 111 Å². The van der Waals surface area contributed by atoms with Gasteiger partial charge in [-0.15, -0.1) is 0 Å². The molecule has 1 N–H and O–H groups in total. The molecule has 4 aliphatic rings. The van der Waals surface area contributed by atoms with Crippen molar-refractivity contribution >= 4 is 0 Å². The van der Waals surface area contributed by atoms with Crippen LogP contribution in [0.3, 0.4) is 0 Å². The summed E-state index contributed by atoms with van der Waals surface area (Å²) in [6, 6.07) is 0. The van der Waals surface area contributed by atoms with Crippen molar-refractivity contribution in [2.24, 2.45) is 46.3 Å². The average molecular weight is 387 g/mol. The highest BCUT2D eigenvalue weighted by Gasteiger charge is 2.58. The maximum Gasteiger partial charge on any atom is 0.0543 e. The normalized spacial score (nSPS) is 46.5. The van der Waals surface area contributed by atoms with Gasteiger partial charge in [0.15, 0.2) is 0 Å². The van der Waals surface area contributed by atoms with Gasteiger partial charge in [0, 0.05) is 0 Å². The van der Waals surface area contributed by atoms with Crippen LogP contribution >= 0.6 is 0 Å². The summed E-state index contributed by atoms with van der Waals surface area (Å²) >= 11 is 0. The molecule has 0 bridgehead atoms. The van der Waals surface area contributed by atoms with Crippen molar-refractivity contribution in [1.29, 1.82) is 0 Å². The smallest absolute Gasteiger partial charge is 0.0543 e. The van der Waals surface area contributed by atoms with Crippen LogP contribution in [0.1, 0.15) is 105 Å². The summed E-state index contributed by atoms with van der Waals surface area (Å²) in [7, 11) is 0. The van der Waals surface area contributed by atoms with Crippen LogP contribution in [-0.2, 0) is 0 Å². The van der Waals surface area contributed by atoms with E-state index in [-0.39, 0.29) is 6.10 Å². The maximum atomic E-state index is 10.2. The lowest BCUT2D eigenvalue weighted by atomic mass is 9.44. The highest BCUT2D eigenvalue weighted by molar-refractivity contribution is 5.27. The van der Waals surface area contributed by atoms with E-state index in [2.05, 4.69) is 40.7 Å². The molecule has 160 valence electrons. The first-order valence-electron chi connectivity index (χ1n) is 12.6. The first kappa shape index (κ1) is 21.0. The van der Waals surface area contributed by atoms with Crippen LogP contribution in [0, 0.1) is 46.3 Å². The van der Waals surface area contributed by atoms with Crippen molar-refractivity contribution in [3.8, 4) is 0 Å². The van der Waals surface area contributed by atoms with Gasteiger partial charge in [0.2, 0.25) is 0 Å². The molecule has 0 aromatic carbocycles. The Morgan fingerprint density at radius 2 is 1.79 bits per heavy atom. The predicted octanol–water partition coefficient (Wildman–Crippen LogP) is 7.39. The Morgan fingerprint density at radius 3 is 2.54 bits per heavy atom. The molecular weight excluding hydrogens is 340 g/mol. The maximum absolute atomic E-state index is 10.2. The average Bonchev–Trinajstić information content (AvgIpc) is 2.99. The third kappa shape index (κ3) is 3.42. The Hall–Kier alpha value is -0.300. The van der Waals surface area contributed by atoms with E-state index in [1.807, 2.05) is 5.57 Å². The molecule has 0 spiro atoms. The fourth-order valence-corrected chi connectivity index (χ4v) is 8.59. The number of aliphatic hydroxyl groups is 1. The summed E-state index contributed by atoms with van der Waals surface area (Å²) in [5, 5.41) is 10.2. The molecule has 4 rings (SSSR count). The summed E-state index contributed by atoms with van der Waals surface area (Å²) in [4.78, 5) is 0. The zero-order valence-electron chi connectivity index (χ0n) is 19.3. The molecule has 8 atom stereocenters. The Balaban J connectivity index is 1.47. The predicted molar refractivity (Wildman–Crippen MR) is 119 cm³/mol. The van der Waals surface area contributed by atoms with E-state index in [1.54, 1.807) is 0 Å². The Morgan fingerprint density at radius 1 is 1.00 bits per heavy atom. The summed E-state index contributed by atoms with van der Waals surface area (Å²) in [5.74, 6) is 5.16. The second-order valence-electron chi connectivity index (χ2n) is 12.2. The van der Waals surface area contributed by atoms with Crippen LogP contribution in [0.15, 0.2) is 11.6 Å². The highest BCUT2D eigenvalue weighted by Crippen LogP contribution is 2.67. The third-order valence-electron chi connectivity index (χ3n) is 10.2. The second-order valence-corrected chi connectivity index (χ2v) is 12.2. The van der Waals surface area contributed by atoms with E-state index in [1.165, 1.54) is 57.8 Å². The molecule has 1 nitrogen and oxygen atoms in total. The molecule has 0 heterocycles. The van der Waals surface area contributed by atoms with Crippen molar-refractivity contribution < 1.29 is 5.11 Å². The molecule has 0 aliphatic heterocycles. The highest BCUT2D eigenvalue weighted by atomic mass is 16.3. The second kappa shape index (κ2) is 7.75. The fraction of sp³-hybridized carbons (Fsp3) is 0.926. The summed E-state index contributed by atoms with van der Waals surface area (Å²) in [6.45, 7) is 12.5. The number of fused-ring (bicyclic) bond motifs is 5. The molecule has 4 aliphatic carbocycles. The summed E-state index contributed by atoms with van der Waals surface area (Å²) in [6.07, 6.45) is 17.3. The molecular formula is C27H46O.